The second-order valence-electron chi connectivity index (χ2n) is 4.80. The summed E-state index contributed by atoms with van der Waals surface area (Å²) in [4.78, 5) is 14.0. The Labute approximate surface area is 101 Å². The summed E-state index contributed by atoms with van der Waals surface area (Å²) in [6, 6.07) is 5.07. The van der Waals surface area contributed by atoms with Crippen molar-refractivity contribution < 1.29 is 9.90 Å². The Balaban J connectivity index is 2.24. The van der Waals surface area contributed by atoms with Gasteiger partial charge in [-0.05, 0) is 25.0 Å². The van der Waals surface area contributed by atoms with Crippen molar-refractivity contribution in [1.82, 2.24) is 4.90 Å². The summed E-state index contributed by atoms with van der Waals surface area (Å²) in [5.74, 6) is 0.446. The van der Waals surface area contributed by atoms with Crippen LogP contribution in [0.15, 0.2) is 18.2 Å². The van der Waals surface area contributed by atoms with Gasteiger partial charge in [-0.2, -0.15) is 0 Å². The molecule has 1 aromatic carbocycles. The maximum absolute atomic E-state index is 12.3. The second kappa shape index (κ2) is 4.37. The number of hydrogen-bond acceptors (Lipinski definition) is 3. The van der Waals surface area contributed by atoms with Crippen LogP contribution in [0.3, 0.4) is 0 Å². The standard InChI is InChI=1S/C13H18N2O2/c1-8-6-15(7-11(8)14)13(17)10-4-3-5-12(16)9(10)2/h3-5,8,11,16H,6-7,14H2,1-2H3. The van der Waals surface area contributed by atoms with Crippen LogP contribution < -0.4 is 5.73 Å². The van der Waals surface area contributed by atoms with Crippen molar-refractivity contribution in [1.29, 1.82) is 0 Å². The third-order valence-corrected chi connectivity index (χ3v) is 3.49. The molecule has 4 nitrogen and oxygen atoms in total. The molecule has 17 heavy (non-hydrogen) atoms. The van der Waals surface area contributed by atoms with E-state index < -0.39 is 0 Å². The van der Waals surface area contributed by atoms with E-state index in [1.54, 1.807) is 30.0 Å². The number of benzene rings is 1. The molecule has 0 aliphatic carbocycles. The summed E-state index contributed by atoms with van der Waals surface area (Å²) < 4.78 is 0. The van der Waals surface area contributed by atoms with E-state index in [2.05, 4.69) is 0 Å². The van der Waals surface area contributed by atoms with Gasteiger partial charge in [0.2, 0.25) is 0 Å². The highest BCUT2D eigenvalue weighted by Crippen LogP contribution is 2.23. The molecule has 1 aliphatic heterocycles. The van der Waals surface area contributed by atoms with E-state index >= 15 is 0 Å². The quantitative estimate of drug-likeness (QED) is 0.765. The van der Waals surface area contributed by atoms with Crippen LogP contribution in [0, 0.1) is 12.8 Å². The van der Waals surface area contributed by atoms with Gasteiger partial charge in [0.25, 0.3) is 5.91 Å². The van der Waals surface area contributed by atoms with Gasteiger partial charge in [-0.3, -0.25) is 4.79 Å². The fourth-order valence-electron chi connectivity index (χ4n) is 2.18. The van der Waals surface area contributed by atoms with Crippen LogP contribution in [0.1, 0.15) is 22.8 Å². The number of phenols is 1. The molecule has 1 aliphatic rings. The Hall–Kier alpha value is -1.55. The Bertz CT molecular complexity index is 435. The summed E-state index contributed by atoms with van der Waals surface area (Å²) in [6.45, 7) is 5.08. The van der Waals surface area contributed by atoms with Crippen molar-refractivity contribution in [2.45, 2.75) is 19.9 Å². The van der Waals surface area contributed by atoms with Crippen molar-refractivity contribution in [3.05, 3.63) is 29.3 Å². The molecule has 2 rings (SSSR count). The topological polar surface area (TPSA) is 66.6 Å². The molecule has 4 heteroatoms. The Morgan fingerprint density at radius 2 is 2.18 bits per heavy atom. The van der Waals surface area contributed by atoms with Crippen LogP contribution in [0.4, 0.5) is 0 Å². The predicted molar refractivity (Wildman–Crippen MR) is 65.9 cm³/mol. The zero-order valence-corrected chi connectivity index (χ0v) is 10.2. The van der Waals surface area contributed by atoms with Crippen LogP contribution in [-0.2, 0) is 0 Å². The fraction of sp³-hybridized carbons (Fsp3) is 0.462. The molecule has 1 fully saturated rings. The van der Waals surface area contributed by atoms with Gasteiger partial charge < -0.3 is 15.7 Å². The van der Waals surface area contributed by atoms with Crippen molar-refractivity contribution in [3.63, 3.8) is 0 Å². The Morgan fingerprint density at radius 1 is 1.47 bits per heavy atom. The van der Waals surface area contributed by atoms with Gasteiger partial charge in [-0.1, -0.05) is 13.0 Å². The lowest BCUT2D eigenvalue weighted by Crippen LogP contribution is -2.32. The largest absolute Gasteiger partial charge is 0.508 e. The first-order valence-corrected chi connectivity index (χ1v) is 5.84. The molecule has 0 spiro atoms. The molecule has 1 aromatic rings. The predicted octanol–water partition coefficient (Wildman–Crippen LogP) is 1.12. The average Bonchev–Trinajstić information content (AvgIpc) is 2.62. The molecule has 1 amide bonds. The normalized spacial score (nSPS) is 24.1. The van der Waals surface area contributed by atoms with Crippen molar-refractivity contribution in [2.75, 3.05) is 13.1 Å². The molecule has 3 N–H and O–H groups in total. The third kappa shape index (κ3) is 2.13. The molecule has 2 unspecified atom stereocenters. The summed E-state index contributed by atoms with van der Waals surface area (Å²) in [7, 11) is 0. The number of rotatable bonds is 1. The van der Waals surface area contributed by atoms with E-state index in [9.17, 15) is 9.90 Å². The zero-order chi connectivity index (χ0) is 12.6. The number of likely N-dealkylation sites (tertiary alicyclic amines) is 1. The Morgan fingerprint density at radius 3 is 2.76 bits per heavy atom. The maximum atomic E-state index is 12.3. The van der Waals surface area contributed by atoms with E-state index in [1.165, 1.54) is 0 Å². The SMILES string of the molecule is Cc1c(O)cccc1C(=O)N1CC(C)C(N)C1. The number of hydrogen-bond donors (Lipinski definition) is 2. The van der Waals surface area contributed by atoms with Crippen molar-refractivity contribution in [3.8, 4) is 5.75 Å². The van der Waals surface area contributed by atoms with E-state index in [-0.39, 0.29) is 17.7 Å². The number of carbonyl (C=O) groups excluding carboxylic acids is 1. The molecule has 2 atom stereocenters. The highest BCUT2D eigenvalue weighted by atomic mass is 16.3. The van der Waals surface area contributed by atoms with E-state index in [0.29, 0.717) is 30.1 Å². The molecular weight excluding hydrogens is 216 g/mol. The lowest BCUT2D eigenvalue weighted by molar-refractivity contribution is 0.0785. The van der Waals surface area contributed by atoms with Crippen LogP contribution in [0.5, 0.6) is 5.75 Å². The lowest BCUT2D eigenvalue weighted by atomic mass is 10.1. The van der Waals surface area contributed by atoms with E-state index in [4.69, 9.17) is 5.73 Å². The van der Waals surface area contributed by atoms with Crippen LogP contribution in [0.25, 0.3) is 0 Å². The summed E-state index contributed by atoms with van der Waals surface area (Å²) >= 11 is 0. The number of phenolic OH excluding ortho intramolecular Hbond substituents is 1. The number of carbonyl (C=O) groups is 1. The van der Waals surface area contributed by atoms with Crippen LogP contribution in [0.2, 0.25) is 0 Å². The summed E-state index contributed by atoms with van der Waals surface area (Å²) in [5.41, 5.74) is 7.10. The smallest absolute Gasteiger partial charge is 0.254 e. The van der Waals surface area contributed by atoms with Gasteiger partial charge in [0.05, 0.1) is 0 Å². The van der Waals surface area contributed by atoms with Crippen LogP contribution >= 0.6 is 0 Å². The second-order valence-corrected chi connectivity index (χ2v) is 4.80. The number of amides is 1. The molecular formula is C13H18N2O2. The molecule has 0 radical (unpaired) electrons. The minimum atomic E-state index is -0.0433. The molecule has 1 heterocycles. The van der Waals surface area contributed by atoms with Gasteiger partial charge >= 0.3 is 0 Å². The fourth-order valence-corrected chi connectivity index (χ4v) is 2.18. The number of nitrogens with zero attached hydrogens (tertiary/aromatic N) is 1. The monoisotopic (exact) mass is 234 g/mol. The highest BCUT2D eigenvalue weighted by Gasteiger charge is 2.31. The van der Waals surface area contributed by atoms with Crippen molar-refractivity contribution in [2.24, 2.45) is 11.7 Å². The minimum Gasteiger partial charge on any atom is -0.508 e. The van der Waals surface area contributed by atoms with E-state index in [1.807, 2.05) is 6.92 Å². The third-order valence-electron chi connectivity index (χ3n) is 3.49. The lowest BCUT2D eigenvalue weighted by Gasteiger charge is -2.17. The average molecular weight is 234 g/mol. The van der Waals surface area contributed by atoms with Crippen molar-refractivity contribution >= 4 is 5.91 Å². The maximum Gasteiger partial charge on any atom is 0.254 e. The minimum absolute atomic E-state index is 0.0433. The van der Waals surface area contributed by atoms with Gasteiger partial charge in [-0.25, -0.2) is 0 Å². The van der Waals surface area contributed by atoms with E-state index in [0.717, 1.165) is 0 Å². The van der Waals surface area contributed by atoms with Gasteiger partial charge in [0, 0.05) is 30.3 Å². The first-order valence-electron chi connectivity index (χ1n) is 5.84. The Kier molecular flexibility index (Phi) is 3.07. The molecule has 92 valence electrons. The molecule has 0 saturated carbocycles. The van der Waals surface area contributed by atoms with Gasteiger partial charge in [-0.15, -0.1) is 0 Å². The summed E-state index contributed by atoms with van der Waals surface area (Å²) in [6.07, 6.45) is 0. The van der Waals surface area contributed by atoms with Crippen LogP contribution in [-0.4, -0.2) is 35.0 Å². The molecule has 0 aromatic heterocycles. The first-order chi connectivity index (χ1) is 8.00. The number of aromatic hydroxyl groups is 1. The molecule has 1 saturated heterocycles. The zero-order valence-electron chi connectivity index (χ0n) is 10.2. The number of nitrogens with two attached hydrogens (primary N) is 1. The van der Waals surface area contributed by atoms with Gasteiger partial charge in [0.1, 0.15) is 5.75 Å². The first kappa shape index (κ1) is 11.9. The molecule has 0 bridgehead atoms. The summed E-state index contributed by atoms with van der Waals surface area (Å²) in [5, 5.41) is 9.60. The van der Waals surface area contributed by atoms with Gasteiger partial charge in [0.15, 0.2) is 0 Å². The highest BCUT2D eigenvalue weighted by molar-refractivity contribution is 5.96.